The SMILES string of the molecule is CCCCC/C=C\C/C=C\CCCCCCCCCCCC(=O)OCCCCCCCCCCCCCCCCCCCCCCCCCCCCCCCCC(=O)NC(CO)C(O)CCCCCCCCCCCCCCCCCCCCCCCCCC. The van der Waals surface area contributed by atoms with Gasteiger partial charge in [-0.15, -0.1) is 0 Å². The largest absolute Gasteiger partial charge is 0.466 e. The molecule has 6 heteroatoms. The van der Waals surface area contributed by atoms with E-state index in [4.69, 9.17) is 4.74 Å². The minimum absolute atomic E-state index is 0.0176. The minimum Gasteiger partial charge on any atom is -0.466 e. The van der Waals surface area contributed by atoms with Crippen LogP contribution in [0, 0.1) is 0 Å². The highest BCUT2D eigenvalue weighted by Crippen LogP contribution is 2.21. The van der Waals surface area contributed by atoms with Crippen molar-refractivity contribution in [3.8, 4) is 0 Å². The van der Waals surface area contributed by atoms with Gasteiger partial charge in [-0.1, -0.05) is 430 Å². The first-order valence-electron chi connectivity index (χ1n) is 41.6. The topological polar surface area (TPSA) is 95.9 Å². The Balaban J connectivity index is 3.33. The quantitative estimate of drug-likeness (QED) is 0.0320. The molecule has 0 aliphatic carbocycles. The van der Waals surface area contributed by atoms with Gasteiger partial charge in [-0.25, -0.2) is 0 Å². The fourth-order valence-corrected chi connectivity index (χ4v) is 13.4. The van der Waals surface area contributed by atoms with Gasteiger partial charge in [0.1, 0.15) is 0 Å². The summed E-state index contributed by atoms with van der Waals surface area (Å²) in [5.74, 6) is -0.00734. The first kappa shape index (κ1) is 88.3. The van der Waals surface area contributed by atoms with E-state index >= 15 is 0 Å². The highest BCUT2D eigenvalue weighted by atomic mass is 16.5. The number of nitrogens with one attached hydrogen (secondary N) is 1. The number of unbranched alkanes of at least 4 members (excludes halogenated alkanes) is 64. The molecular formula is C84H163NO5. The number of aliphatic hydroxyl groups excluding tert-OH is 2. The Morgan fingerprint density at radius 2 is 0.556 bits per heavy atom. The summed E-state index contributed by atoms with van der Waals surface area (Å²) in [7, 11) is 0. The van der Waals surface area contributed by atoms with Crippen molar-refractivity contribution in [1.82, 2.24) is 5.32 Å². The monoisotopic (exact) mass is 1270 g/mol. The second kappa shape index (κ2) is 79.8. The number of rotatable bonds is 79. The smallest absolute Gasteiger partial charge is 0.305 e. The van der Waals surface area contributed by atoms with Gasteiger partial charge >= 0.3 is 5.97 Å². The molecule has 0 aromatic heterocycles. The zero-order valence-electron chi connectivity index (χ0n) is 61.4. The van der Waals surface area contributed by atoms with Crippen molar-refractivity contribution in [3.05, 3.63) is 24.3 Å². The first-order chi connectivity index (χ1) is 44.5. The van der Waals surface area contributed by atoms with Crippen molar-refractivity contribution < 1.29 is 24.5 Å². The molecule has 2 atom stereocenters. The Labute approximate surface area is 564 Å². The maximum absolute atomic E-state index is 12.6. The molecule has 0 aliphatic heterocycles. The second-order valence-corrected chi connectivity index (χ2v) is 28.8. The van der Waals surface area contributed by atoms with Crippen molar-refractivity contribution in [1.29, 1.82) is 0 Å². The number of aliphatic hydroxyl groups is 2. The van der Waals surface area contributed by atoms with E-state index < -0.39 is 12.1 Å². The minimum atomic E-state index is -0.663. The number of hydrogen-bond acceptors (Lipinski definition) is 5. The van der Waals surface area contributed by atoms with Crippen molar-refractivity contribution in [2.75, 3.05) is 13.2 Å². The molecule has 1 amide bonds. The summed E-state index contributed by atoms with van der Waals surface area (Å²) in [5, 5.41) is 23.5. The standard InChI is InChI=1S/C84H163NO5/c1-3-5-7-9-11-13-15-17-19-21-23-24-25-34-37-41-44-48-52-56-60-64-68-72-76-82(87)81(80-86)85-83(88)77-73-69-65-61-57-53-49-45-42-38-35-32-30-28-26-27-29-31-33-36-39-43-47-51-55-59-63-67-71-75-79-90-84(89)78-74-70-66-62-58-54-50-46-40-22-20-18-16-14-12-10-8-6-4-2/h12,14,18,20,81-82,86-87H,3-11,13,15-17,19,21-80H2,1-2H3,(H,85,88)/b14-12-,20-18-. The van der Waals surface area contributed by atoms with Gasteiger partial charge in [0.15, 0.2) is 0 Å². The Bertz CT molecular complexity index is 1410. The van der Waals surface area contributed by atoms with Crippen LogP contribution in [-0.4, -0.2) is 47.4 Å². The molecule has 0 rings (SSSR count). The van der Waals surface area contributed by atoms with Gasteiger partial charge in [-0.2, -0.15) is 0 Å². The van der Waals surface area contributed by atoms with E-state index in [2.05, 4.69) is 43.5 Å². The fraction of sp³-hybridized carbons (Fsp3) is 0.929. The molecule has 0 saturated heterocycles. The van der Waals surface area contributed by atoms with Gasteiger partial charge in [0, 0.05) is 12.8 Å². The van der Waals surface area contributed by atoms with Crippen LogP contribution < -0.4 is 5.32 Å². The molecule has 0 aromatic rings. The summed E-state index contributed by atoms with van der Waals surface area (Å²) in [5.41, 5.74) is 0. The Kier molecular flexibility index (Phi) is 78.3. The van der Waals surface area contributed by atoms with E-state index in [0.717, 1.165) is 51.4 Å². The number of hydrogen-bond donors (Lipinski definition) is 3. The Hall–Kier alpha value is -1.66. The van der Waals surface area contributed by atoms with E-state index in [1.807, 2.05) is 0 Å². The number of ether oxygens (including phenoxy) is 1. The summed E-state index contributed by atoms with van der Waals surface area (Å²) in [6.45, 7) is 4.99. The lowest BCUT2D eigenvalue weighted by atomic mass is 10.0. The zero-order valence-corrected chi connectivity index (χ0v) is 61.4. The third-order valence-electron chi connectivity index (χ3n) is 19.8. The van der Waals surface area contributed by atoms with Gasteiger partial charge in [0.05, 0.1) is 25.4 Å². The lowest BCUT2D eigenvalue weighted by Gasteiger charge is -2.22. The van der Waals surface area contributed by atoms with Crippen molar-refractivity contribution >= 4 is 11.9 Å². The summed E-state index contributed by atoms with van der Waals surface area (Å²) in [4.78, 5) is 24.7. The van der Waals surface area contributed by atoms with Gasteiger partial charge in [0.2, 0.25) is 5.91 Å². The summed E-state index contributed by atoms with van der Waals surface area (Å²) < 4.78 is 5.52. The van der Waals surface area contributed by atoms with Gasteiger partial charge in [-0.05, 0) is 57.8 Å². The van der Waals surface area contributed by atoms with E-state index in [-0.39, 0.29) is 18.5 Å². The molecule has 0 spiro atoms. The van der Waals surface area contributed by atoms with Gasteiger partial charge < -0.3 is 20.3 Å². The van der Waals surface area contributed by atoms with Crippen molar-refractivity contribution in [2.24, 2.45) is 0 Å². The van der Waals surface area contributed by atoms with Crippen molar-refractivity contribution in [2.45, 2.75) is 488 Å². The van der Waals surface area contributed by atoms with Crippen LogP contribution in [0.3, 0.4) is 0 Å². The average molecular weight is 1270 g/mol. The van der Waals surface area contributed by atoms with Crippen LogP contribution in [0.4, 0.5) is 0 Å². The van der Waals surface area contributed by atoms with Gasteiger partial charge in [-0.3, -0.25) is 9.59 Å². The second-order valence-electron chi connectivity index (χ2n) is 28.8. The molecule has 2 unspecified atom stereocenters. The highest BCUT2D eigenvalue weighted by Gasteiger charge is 2.20. The molecule has 0 radical (unpaired) electrons. The fourth-order valence-electron chi connectivity index (χ4n) is 13.4. The van der Waals surface area contributed by atoms with E-state index in [1.54, 1.807) is 0 Å². The third-order valence-corrected chi connectivity index (χ3v) is 19.8. The van der Waals surface area contributed by atoms with Crippen LogP contribution in [0.15, 0.2) is 24.3 Å². The van der Waals surface area contributed by atoms with E-state index in [1.165, 1.54) is 392 Å². The molecular weight excluding hydrogens is 1100 g/mol. The van der Waals surface area contributed by atoms with Crippen LogP contribution in [0.1, 0.15) is 476 Å². The Morgan fingerprint density at radius 3 is 0.867 bits per heavy atom. The molecule has 0 saturated carbocycles. The number of amides is 1. The molecule has 3 N–H and O–H groups in total. The molecule has 0 aliphatic rings. The number of carbonyl (C=O) groups excluding carboxylic acids is 2. The molecule has 534 valence electrons. The van der Waals surface area contributed by atoms with Crippen LogP contribution in [0.25, 0.3) is 0 Å². The van der Waals surface area contributed by atoms with Gasteiger partial charge in [0.25, 0.3) is 0 Å². The summed E-state index contributed by atoms with van der Waals surface area (Å²) in [6, 6.07) is -0.540. The first-order valence-corrected chi connectivity index (χ1v) is 41.6. The average Bonchev–Trinajstić information content (AvgIpc) is 3.68. The van der Waals surface area contributed by atoms with Crippen molar-refractivity contribution in [3.63, 3.8) is 0 Å². The van der Waals surface area contributed by atoms with E-state index in [9.17, 15) is 19.8 Å². The molecule has 0 fully saturated rings. The van der Waals surface area contributed by atoms with Crippen LogP contribution >= 0.6 is 0 Å². The van der Waals surface area contributed by atoms with Crippen LogP contribution in [-0.2, 0) is 14.3 Å². The predicted octanol–water partition coefficient (Wildman–Crippen LogP) is 27.6. The van der Waals surface area contributed by atoms with E-state index in [0.29, 0.717) is 25.9 Å². The normalized spacial score (nSPS) is 12.5. The highest BCUT2D eigenvalue weighted by molar-refractivity contribution is 5.76. The zero-order chi connectivity index (χ0) is 64.9. The number of carbonyl (C=O) groups is 2. The summed E-state index contributed by atoms with van der Waals surface area (Å²) >= 11 is 0. The predicted molar refractivity (Wildman–Crippen MR) is 398 cm³/mol. The molecule has 6 nitrogen and oxygen atoms in total. The number of allylic oxidation sites excluding steroid dienone is 4. The maximum atomic E-state index is 12.6. The number of esters is 1. The molecule has 0 bridgehead atoms. The maximum Gasteiger partial charge on any atom is 0.305 e. The van der Waals surface area contributed by atoms with Crippen LogP contribution in [0.5, 0.6) is 0 Å². The lowest BCUT2D eigenvalue weighted by Crippen LogP contribution is -2.45. The summed E-state index contributed by atoms with van der Waals surface area (Å²) in [6.07, 6.45) is 103. The Morgan fingerprint density at radius 1 is 0.311 bits per heavy atom. The van der Waals surface area contributed by atoms with Crippen LogP contribution in [0.2, 0.25) is 0 Å². The molecule has 0 aromatic carbocycles. The lowest BCUT2D eigenvalue weighted by molar-refractivity contribution is -0.143. The molecule has 0 heterocycles. The third kappa shape index (κ3) is 75.4. The molecule has 90 heavy (non-hydrogen) atoms.